The maximum atomic E-state index is 12.5. The molecule has 0 bridgehead atoms. The quantitative estimate of drug-likeness (QED) is 0.596. The van der Waals surface area contributed by atoms with Gasteiger partial charge in [-0.25, -0.2) is 0 Å². The average Bonchev–Trinajstić information content (AvgIpc) is 3.10. The van der Waals surface area contributed by atoms with E-state index in [0.717, 1.165) is 37.0 Å². The molecule has 1 aromatic heterocycles. The van der Waals surface area contributed by atoms with Crippen molar-refractivity contribution >= 4 is 29.5 Å². The van der Waals surface area contributed by atoms with Crippen LogP contribution in [0.25, 0.3) is 0 Å². The zero-order valence-corrected chi connectivity index (χ0v) is 15.1. The van der Waals surface area contributed by atoms with Crippen molar-refractivity contribution in [1.29, 1.82) is 0 Å². The highest BCUT2D eigenvalue weighted by Gasteiger charge is 2.37. The molecule has 0 atom stereocenters. The maximum absolute atomic E-state index is 12.5. The van der Waals surface area contributed by atoms with Crippen molar-refractivity contribution < 1.29 is 9.59 Å². The van der Waals surface area contributed by atoms with E-state index >= 15 is 0 Å². The Bertz CT molecular complexity index is 850. The van der Waals surface area contributed by atoms with E-state index in [1.807, 2.05) is 0 Å². The van der Waals surface area contributed by atoms with Crippen LogP contribution in [-0.4, -0.2) is 50.4 Å². The van der Waals surface area contributed by atoms with Gasteiger partial charge in [0, 0.05) is 19.1 Å². The van der Waals surface area contributed by atoms with Crippen LogP contribution in [0.15, 0.2) is 29.4 Å². The normalized spacial score (nSPS) is 19.5. The molecule has 0 radical (unpaired) electrons. The van der Waals surface area contributed by atoms with Gasteiger partial charge < -0.3 is 4.90 Å². The monoisotopic (exact) mass is 369 g/mol. The number of anilines is 1. The Balaban J connectivity index is 1.36. The summed E-state index contributed by atoms with van der Waals surface area (Å²) in [6.07, 6.45) is 4.66. The summed E-state index contributed by atoms with van der Waals surface area (Å²) in [5.41, 5.74) is 0.971. The molecule has 2 fully saturated rings. The Morgan fingerprint density at radius 3 is 2.27 bits per heavy atom. The molecule has 0 unspecified atom stereocenters. The number of carbonyl (C=O) groups excluding carboxylic acids is 2. The highest BCUT2D eigenvalue weighted by atomic mass is 32.2. The molecule has 3 aliphatic rings. The third-order valence-electron chi connectivity index (χ3n) is 5.15. The molecule has 2 amide bonds. The molecule has 0 spiro atoms. The second kappa shape index (κ2) is 6.12. The van der Waals surface area contributed by atoms with Gasteiger partial charge in [-0.15, -0.1) is 10.2 Å². The first-order chi connectivity index (χ1) is 12.7. The first-order valence-corrected chi connectivity index (χ1v) is 10.0. The van der Waals surface area contributed by atoms with E-state index in [9.17, 15) is 9.59 Å². The summed E-state index contributed by atoms with van der Waals surface area (Å²) >= 11 is 1.42. The first-order valence-electron chi connectivity index (χ1n) is 9.02. The van der Waals surface area contributed by atoms with Crippen LogP contribution < -0.4 is 4.90 Å². The van der Waals surface area contributed by atoms with Crippen molar-refractivity contribution in [2.24, 2.45) is 0 Å². The van der Waals surface area contributed by atoms with Gasteiger partial charge >= 0.3 is 0 Å². The summed E-state index contributed by atoms with van der Waals surface area (Å²) in [6.45, 7) is 2.04. The lowest BCUT2D eigenvalue weighted by Gasteiger charge is -2.18. The third kappa shape index (κ3) is 2.51. The number of aromatic nitrogens is 3. The maximum Gasteiger partial charge on any atom is 0.262 e. The van der Waals surface area contributed by atoms with E-state index in [-0.39, 0.29) is 17.7 Å². The Morgan fingerprint density at radius 2 is 1.65 bits per heavy atom. The van der Waals surface area contributed by atoms with E-state index < -0.39 is 0 Å². The molecule has 1 saturated heterocycles. The summed E-state index contributed by atoms with van der Waals surface area (Å²) in [6, 6.07) is 7.43. The smallest absolute Gasteiger partial charge is 0.262 e. The number of rotatable bonds is 5. The van der Waals surface area contributed by atoms with Gasteiger partial charge in [0.1, 0.15) is 0 Å². The standard InChI is InChI=1S/C18H19N5O2S/c24-15-13-5-1-2-6-14(13)16(25)22(15)11-26-18-20-19-17(21-9-3-4-10-21)23(18)12-7-8-12/h1-2,5-6,12H,3-4,7-11H2. The molecule has 7 nitrogen and oxygen atoms in total. The van der Waals surface area contributed by atoms with Crippen molar-refractivity contribution in [2.45, 2.75) is 36.9 Å². The van der Waals surface area contributed by atoms with Crippen LogP contribution in [0, 0.1) is 0 Å². The molecule has 8 heteroatoms. The number of hydrogen-bond acceptors (Lipinski definition) is 6. The van der Waals surface area contributed by atoms with Crippen LogP contribution in [-0.2, 0) is 0 Å². The minimum atomic E-state index is -0.227. The van der Waals surface area contributed by atoms with Crippen molar-refractivity contribution in [3.05, 3.63) is 35.4 Å². The number of hydrogen-bond donors (Lipinski definition) is 0. The van der Waals surface area contributed by atoms with E-state index in [1.165, 1.54) is 29.5 Å². The van der Waals surface area contributed by atoms with E-state index in [2.05, 4.69) is 19.7 Å². The second-order valence-corrected chi connectivity index (χ2v) is 7.85. The molecule has 1 aliphatic carbocycles. The highest BCUT2D eigenvalue weighted by molar-refractivity contribution is 7.99. The second-order valence-electron chi connectivity index (χ2n) is 6.94. The summed E-state index contributed by atoms with van der Waals surface area (Å²) in [7, 11) is 0. The Morgan fingerprint density at radius 1 is 1.00 bits per heavy atom. The number of imide groups is 1. The Labute approximate surface area is 155 Å². The van der Waals surface area contributed by atoms with Gasteiger partial charge in [-0.3, -0.25) is 19.1 Å². The number of amides is 2. The topological polar surface area (TPSA) is 71.3 Å². The zero-order valence-electron chi connectivity index (χ0n) is 14.3. The van der Waals surface area contributed by atoms with Gasteiger partial charge in [-0.2, -0.15) is 0 Å². The molecule has 26 heavy (non-hydrogen) atoms. The van der Waals surface area contributed by atoms with Gasteiger partial charge in [-0.05, 0) is 37.8 Å². The largest absolute Gasteiger partial charge is 0.341 e. The molecule has 2 aliphatic heterocycles. The van der Waals surface area contributed by atoms with Gasteiger partial charge in [0.15, 0.2) is 5.16 Å². The van der Waals surface area contributed by atoms with Crippen molar-refractivity contribution in [3.8, 4) is 0 Å². The Kier molecular flexibility index (Phi) is 3.74. The van der Waals surface area contributed by atoms with Crippen LogP contribution in [0.5, 0.6) is 0 Å². The van der Waals surface area contributed by atoms with Gasteiger partial charge in [-0.1, -0.05) is 23.9 Å². The number of thioether (sulfide) groups is 1. The Hall–Kier alpha value is -2.35. The fourth-order valence-corrected chi connectivity index (χ4v) is 4.58. The van der Waals surface area contributed by atoms with Crippen LogP contribution in [0.4, 0.5) is 5.95 Å². The lowest BCUT2D eigenvalue weighted by molar-refractivity contribution is 0.0684. The van der Waals surface area contributed by atoms with Crippen LogP contribution in [0.3, 0.4) is 0 Å². The van der Waals surface area contributed by atoms with Gasteiger partial charge in [0.05, 0.1) is 17.0 Å². The van der Waals surface area contributed by atoms with Crippen LogP contribution in [0.1, 0.15) is 52.4 Å². The van der Waals surface area contributed by atoms with Gasteiger partial charge in [0.25, 0.3) is 11.8 Å². The first kappa shape index (κ1) is 15.9. The fraction of sp³-hybridized carbons (Fsp3) is 0.444. The van der Waals surface area contributed by atoms with E-state index in [4.69, 9.17) is 0 Å². The SMILES string of the molecule is O=C1c2ccccc2C(=O)N1CSc1nnc(N2CCCC2)n1C1CC1. The zero-order chi connectivity index (χ0) is 17.7. The van der Waals surface area contributed by atoms with Crippen molar-refractivity contribution in [2.75, 3.05) is 23.9 Å². The lowest BCUT2D eigenvalue weighted by atomic mass is 10.1. The minimum Gasteiger partial charge on any atom is -0.341 e. The van der Waals surface area contributed by atoms with Crippen molar-refractivity contribution in [3.63, 3.8) is 0 Å². The highest BCUT2D eigenvalue weighted by Crippen LogP contribution is 2.41. The van der Waals surface area contributed by atoms with Crippen LogP contribution in [0.2, 0.25) is 0 Å². The lowest BCUT2D eigenvalue weighted by Crippen LogP contribution is -2.29. The van der Waals surface area contributed by atoms with E-state index in [1.54, 1.807) is 24.3 Å². The average molecular weight is 369 g/mol. The number of fused-ring (bicyclic) bond motifs is 1. The summed E-state index contributed by atoms with van der Waals surface area (Å²) in [5.74, 6) is 0.748. The molecule has 3 heterocycles. The molecule has 1 saturated carbocycles. The molecule has 134 valence electrons. The van der Waals surface area contributed by atoms with Crippen LogP contribution >= 0.6 is 11.8 Å². The predicted molar refractivity (Wildman–Crippen MR) is 97.4 cm³/mol. The fourth-order valence-electron chi connectivity index (χ4n) is 3.63. The molecule has 2 aromatic rings. The summed E-state index contributed by atoms with van der Waals surface area (Å²) in [5, 5.41) is 9.58. The van der Waals surface area contributed by atoms with Gasteiger partial charge in [0.2, 0.25) is 5.95 Å². The minimum absolute atomic E-state index is 0.227. The van der Waals surface area contributed by atoms with E-state index in [0.29, 0.717) is 17.2 Å². The molecular weight excluding hydrogens is 350 g/mol. The number of nitrogens with zero attached hydrogens (tertiary/aromatic N) is 5. The molecule has 1 aromatic carbocycles. The third-order valence-corrected chi connectivity index (χ3v) is 6.07. The molecule has 0 N–H and O–H groups in total. The molecular formula is C18H19N5O2S. The molecule has 5 rings (SSSR count). The number of carbonyl (C=O) groups is 2. The predicted octanol–water partition coefficient (Wildman–Crippen LogP) is 2.56. The number of benzene rings is 1. The summed E-state index contributed by atoms with van der Waals surface area (Å²) < 4.78 is 2.20. The summed E-state index contributed by atoms with van der Waals surface area (Å²) in [4.78, 5) is 28.6. The van der Waals surface area contributed by atoms with Crippen molar-refractivity contribution in [1.82, 2.24) is 19.7 Å².